The van der Waals surface area contributed by atoms with Crippen LogP contribution in [0.5, 0.6) is 0 Å². The third-order valence-electron chi connectivity index (χ3n) is 1.02. The van der Waals surface area contributed by atoms with Crippen molar-refractivity contribution >= 4 is 17.8 Å². The minimum absolute atomic E-state index is 0.0596. The first kappa shape index (κ1) is 12.7. The number of nitrogens with zero attached hydrogens (tertiary/aromatic N) is 2. The van der Waals surface area contributed by atoms with Crippen molar-refractivity contribution in [1.29, 1.82) is 0 Å². The van der Waals surface area contributed by atoms with Crippen molar-refractivity contribution in [3.63, 3.8) is 0 Å². The summed E-state index contributed by atoms with van der Waals surface area (Å²) >= 11 is 1.79. The van der Waals surface area contributed by atoms with Gasteiger partial charge < -0.3 is 0 Å². The second-order valence-corrected chi connectivity index (χ2v) is 6.70. The average Bonchev–Trinajstić information content (AvgIpc) is 1.81. The van der Waals surface area contributed by atoms with Gasteiger partial charge >= 0.3 is 0 Å². The van der Waals surface area contributed by atoms with Crippen LogP contribution in [0.2, 0.25) is 0 Å². The van der Waals surface area contributed by atoms with E-state index in [0.717, 1.165) is 5.88 Å². The number of hydrogen-bond donors (Lipinski definition) is 0. The molecule has 13 heavy (non-hydrogen) atoms. The maximum absolute atomic E-state index is 4.15. The highest BCUT2D eigenvalue weighted by molar-refractivity contribution is 8.00. The fourth-order valence-electron chi connectivity index (χ4n) is 0.440. The first-order valence-electron chi connectivity index (χ1n) is 4.48. The van der Waals surface area contributed by atoms with Crippen LogP contribution in [0.25, 0.3) is 0 Å². The fourth-order valence-corrected chi connectivity index (χ4v) is 0.950. The van der Waals surface area contributed by atoms with Crippen molar-refractivity contribution in [3.05, 3.63) is 0 Å². The molecule has 0 saturated carbocycles. The third kappa shape index (κ3) is 11.7. The van der Waals surface area contributed by atoms with Crippen LogP contribution in [0.4, 0.5) is 0 Å². The van der Waals surface area contributed by atoms with Gasteiger partial charge in [-0.3, -0.25) is 0 Å². The van der Waals surface area contributed by atoms with E-state index >= 15 is 0 Å². The van der Waals surface area contributed by atoms with Gasteiger partial charge in [-0.1, -0.05) is 20.8 Å². The molecule has 0 aromatic heterocycles. The Labute approximate surface area is 85.9 Å². The van der Waals surface area contributed by atoms with E-state index in [2.05, 4.69) is 36.8 Å². The highest BCUT2D eigenvalue weighted by atomic mass is 32.2. The summed E-state index contributed by atoms with van der Waals surface area (Å²) in [5, 5.41) is 0. The molecule has 76 valence electrons. The Kier molecular flexibility index (Phi) is 4.72. The Balaban J connectivity index is 3.84. The zero-order valence-electron chi connectivity index (χ0n) is 9.51. The Morgan fingerprint density at radius 1 is 1.08 bits per heavy atom. The SMILES string of the molecule is CC(C)(C)N=C=NCSC(C)(C)C. The lowest BCUT2D eigenvalue weighted by molar-refractivity contribution is 0.587. The van der Waals surface area contributed by atoms with E-state index in [0.29, 0.717) is 0 Å². The van der Waals surface area contributed by atoms with Crippen LogP contribution in [-0.4, -0.2) is 22.2 Å². The summed E-state index contributed by atoms with van der Waals surface area (Å²) in [6.45, 7) is 12.6. The monoisotopic (exact) mass is 200 g/mol. The van der Waals surface area contributed by atoms with Gasteiger partial charge in [0.2, 0.25) is 0 Å². The zero-order valence-corrected chi connectivity index (χ0v) is 10.3. The first-order valence-corrected chi connectivity index (χ1v) is 5.47. The molecule has 0 fully saturated rings. The van der Waals surface area contributed by atoms with E-state index in [9.17, 15) is 0 Å². The molecule has 0 aromatic rings. The lowest BCUT2D eigenvalue weighted by Crippen LogP contribution is -2.08. The molecule has 0 aliphatic heterocycles. The fraction of sp³-hybridized carbons (Fsp3) is 0.900. The van der Waals surface area contributed by atoms with Crippen molar-refractivity contribution in [3.8, 4) is 0 Å². The van der Waals surface area contributed by atoms with Gasteiger partial charge in [0.15, 0.2) is 0 Å². The highest BCUT2D eigenvalue weighted by Crippen LogP contribution is 2.22. The number of thioether (sulfide) groups is 1. The normalized spacial score (nSPS) is 12.2. The van der Waals surface area contributed by atoms with Crippen LogP contribution in [-0.2, 0) is 0 Å². The van der Waals surface area contributed by atoms with E-state index in [4.69, 9.17) is 0 Å². The summed E-state index contributed by atoms with van der Waals surface area (Å²) in [4.78, 5) is 8.23. The molecule has 0 saturated heterocycles. The average molecular weight is 200 g/mol. The van der Waals surface area contributed by atoms with E-state index < -0.39 is 0 Å². The quantitative estimate of drug-likeness (QED) is 0.627. The molecule has 0 unspecified atom stereocenters. The van der Waals surface area contributed by atoms with Crippen molar-refractivity contribution in [1.82, 2.24) is 0 Å². The van der Waals surface area contributed by atoms with Gasteiger partial charge in [0.25, 0.3) is 0 Å². The summed E-state index contributed by atoms with van der Waals surface area (Å²) in [5.41, 5.74) is -0.0596. The molecule has 0 amide bonds. The molecule has 0 aliphatic rings. The van der Waals surface area contributed by atoms with E-state index in [1.165, 1.54) is 0 Å². The second-order valence-electron chi connectivity index (χ2n) is 4.93. The Hall–Kier alpha value is -0.270. The van der Waals surface area contributed by atoms with Crippen LogP contribution >= 0.6 is 11.8 Å². The van der Waals surface area contributed by atoms with Gasteiger partial charge in [0.1, 0.15) is 0 Å². The van der Waals surface area contributed by atoms with Crippen LogP contribution in [0, 0.1) is 0 Å². The summed E-state index contributed by atoms with van der Waals surface area (Å²) in [6, 6.07) is 2.73. The number of rotatable bonds is 2. The number of hydrogen-bond acceptors (Lipinski definition) is 3. The smallest absolute Gasteiger partial charge is 0.0959 e. The van der Waals surface area contributed by atoms with E-state index in [1.54, 1.807) is 11.8 Å². The lowest BCUT2D eigenvalue weighted by atomic mass is 10.1. The van der Waals surface area contributed by atoms with Crippen LogP contribution < -0.4 is 0 Å². The van der Waals surface area contributed by atoms with Crippen LogP contribution in [0.15, 0.2) is 9.98 Å². The number of aliphatic imine (C=N–C) groups is 2. The molecule has 0 aromatic carbocycles. The molecule has 0 aliphatic carbocycles. The van der Waals surface area contributed by atoms with Crippen LogP contribution in [0.1, 0.15) is 41.5 Å². The minimum atomic E-state index is -0.0596. The van der Waals surface area contributed by atoms with Gasteiger partial charge in [0, 0.05) is 4.75 Å². The van der Waals surface area contributed by atoms with E-state index in [1.807, 2.05) is 20.8 Å². The standard InChI is InChI=1S/C10H20N2S/c1-9(2,3)12-7-11-8-13-10(4,5)6/h8H2,1-6H3. The van der Waals surface area contributed by atoms with E-state index in [-0.39, 0.29) is 10.3 Å². The van der Waals surface area contributed by atoms with Gasteiger partial charge in [-0.25, -0.2) is 9.98 Å². The second kappa shape index (κ2) is 4.83. The molecule has 3 heteroatoms. The Morgan fingerprint density at radius 2 is 1.62 bits per heavy atom. The summed E-state index contributed by atoms with van der Waals surface area (Å²) in [7, 11) is 0. The van der Waals surface area contributed by atoms with Gasteiger partial charge in [0.05, 0.1) is 17.4 Å². The lowest BCUT2D eigenvalue weighted by Gasteiger charge is -2.14. The van der Waals surface area contributed by atoms with Gasteiger partial charge in [-0.2, -0.15) is 0 Å². The molecule has 0 spiro atoms. The summed E-state index contributed by atoms with van der Waals surface area (Å²) in [5.74, 6) is 0.739. The molecule has 2 nitrogen and oxygen atoms in total. The zero-order chi connectivity index (χ0) is 10.5. The van der Waals surface area contributed by atoms with Gasteiger partial charge in [-0.05, 0) is 20.8 Å². The maximum Gasteiger partial charge on any atom is 0.0959 e. The molecule has 0 radical (unpaired) electrons. The molecule has 0 bridgehead atoms. The Bertz CT molecular complexity index is 202. The molecule has 0 rings (SSSR count). The summed E-state index contributed by atoms with van der Waals surface area (Å²) in [6.07, 6.45) is 0. The Morgan fingerprint density at radius 3 is 2.00 bits per heavy atom. The van der Waals surface area contributed by atoms with Crippen molar-refractivity contribution in [2.24, 2.45) is 9.98 Å². The molecular formula is C10H20N2S. The van der Waals surface area contributed by atoms with Crippen LogP contribution in [0.3, 0.4) is 0 Å². The topological polar surface area (TPSA) is 24.7 Å². The summed E-state index contributed by atoms with van der Waals surface area (Å²) < 4.78 is 0.271. The molecular weight excluding hydrogens is 180 g/mol. The van der Waals surface area contributed by atoms with Gasteiger partial charge in [-0.15, -0.1) is 11.8 Å². The van der Waals surface area contributed by atoms with Crippen molar-refractivity contribution in [2.75, 3.05) is 5.88 Å². The highest BCUT2D eigenvalue weighted by Gasteiger charge is 2.08. The maximum atomic E-state index is 4.15. The predicted molar refractivity (Wildman–Crippen MR) is 61.8 cm³/mol. The first-order chi connectivity index (χ1) is 5.71. The van der Waals surface area contributed by atoms with Crippen molar-refractivity contribution < 1.29 is 0 Å². The molecule has 0 heterocycles. The predicted octanol–water partition coefficient (Wildman–Crippen LogP) is 3.45. The largest absolute Gasteiger partial charge is 0.220 e. The van der Waals surface area contributed by atoms with Crippen molar-refractivity contribution in [2.45, 2.75) is 51.8 Å². The minimum Gasteiger partial charge on any atom is -0.220 e. The third-order valence-corrected chi connectivity index (χ3v) is 2.14. The molecule has 0 atom stereocenters. The molecule has 0 N–H and O–H groups in total.